The van der Waals surface area contributed by atoms with Crippen molar-refractivity contribution >= 4 is 10.2 Å². The molecule has 0 heterocycles. The van der Waals surface area contributed by atoms with E-state index in [0.717, 1.165) is 12.8 Å². The molecule has 0 N–H and O–H groups in total. The van der Waals surface area contributed by atoms with E-state index in [1.54, 1.807) is 7.05 Å². The summed E-state index contributed by atoms with van der Waals surface area (Å²) >= 11 is 0. The molecule has 0 bridgehead atoms. The minimum absolute atomic E-state index is 0.0685. The molecular weight excluding hydrogens is 250 g/mol. The first-order valence-electron chi connectivity index (χ1n) is 6.49. The zero-order valence-corrected chi connectivity index (χ0v) is 12.3. The van der Waals surface area contributed by atoms with E-state index in [2.05, 4.69) is 0 Å². The first-order valence-corrected chi connectivity index (χ1v) is 7.89. The Labute approximate surface area is 111 Å². The van der Waals surface area contributed by atoms with Crippen LogP contribution < -0.4 is 0 Å². The summed E-state index contributed by atoms with van der Waals surface area (Å²) in [5.41, 5.74) is 0. The van der Waals surface area contributed by atoms with Crippen LogP contribution in [0.3, 0.4) is 0 Å². The van der Waals surface area contributed by atoms with Crippen LogP contribution >= 0.6 is 0 Å². The predicted octanol–water partition coefficient (Wildman–Crippen LogP) is 1.59. The van der Waals surface area contributed by atoms with Gasteiger partial charge in [0, 0.05) is 32.6 Å². The molecule has 0 radical (unpaired) electrons. The lowest BCUT2D eigenvalue weighted by atomic mass is 9.85. The fourth-order valence-corrected chi connectivity index (χ4v) is 3.51. The molecule has 0 amide bonds. The van der Waals surface area contributed by atoms with Gasteiger partial charge in [-0.2, -0.15) is 22.3 Å². The van der Waals surface area contributed by atoms with Crippen LogP contribution in [-0.2, 0) is 10.2 Å². The van der Waals surface area contributed by atoms with Gasteiger partial charge in [-0.05, 0) is 32.6 Å². The smallest absolute Gasteiger partial charge is 0.198 e. The van der Waals surface area contributed by atoms with Crippen LogP contribution in [0.25, 0.3) is 0 Å². The Kier molecular flexibility index (Phi) is 5.57. The zero-order chi connectivity index (χ0) is 13.8. The number of hydrogen-bond donors (Lipinski definition) is 0. The second kappa shape index (κ2) is 6.50. The van der Waals surface area contributed by atoms with Gasteiger partial charge in [0.25, 0.3) is 10.2 Å². The standard InChI is InChI=1S/C12H23N3O2S/c1-11(2)14(3)18(16,17)15(9-5-8-13)10-12-6-4-7-12/h11-12H,4-7,9-10H2,1-3H3. The van der Waals surface area contributed by atoms with E-state index in [-0.39, 0.29) is 12.5 Å². The van der Waals surface area contributed by atoms with Crippen molar-refractivity contribution in [3.63, 3.8) is 0 Å². The lowest BCUT2D eigenvalue weighted by Crippen LogP contribution is -2.47. The van der Waals surface area contributed by atoms with Gasteiger partial charge in [-0.25, -0.2) is 0 Å². The van der Waals surface area contributed by atoms with Crippen molar-refractivity contribution in [1.82, 2.24) is 8.61 Å². The van der Waals surface area contributed by atoms with Crippen molar-refractivity contribution in [1.29, 1.82) is 5.26 Å². The molecule has 0 aromatic rings. The molecule has 5 nitrogen and oxygen atoms in total. The number of nitrogens with zero attached hydrogens (tertiary/aromatic N) is 3. The van der Waals surface area contributed by atoms with E-state index in [1.165, 1.54) is 15.0 Å². The molecule has 18 heavy (non-hydrogen) atoms. The molecule has 6 heteroatoms. The Balaban J connectivity index is 2.76. The Morgan fingerprint density at radius 3 is 2.39 bits per heavy atom. The maximum absolute atomic E-state index is 12.4. The highest BCUT2D eigenvalue weighted by molar-refractivity contribution is 7.86. The van der Waals surface area contributed by atoms with Crippen molar-refractivity contribution < 1.29 is 8.42 Å². The quantitative estimate of drug-likeness (QED) is 0.707. The van der Waals surface area contributed by atoms with Crippen LogP contribution in [0.4, 0.5) is 0 Å². The molecule has 1 rings (SSSR count). The van der Waals surface area contributed by atoms with E-state index in [4.69, 9.17) is 5.26 Å². The van der Waals surface area contributed by atoms with Gasteiger partial charge in [-0.15, -0.1) is 0 Å². The van der Waals surface area contributed by atoms with Gasteiger partial charge in [0.1, 0.15) is 0 Å². The van der Waals surface area contributed by atoms with Crippen molar-refractivity contribution in [3.05, 3.63) is 0 Å². The summed E-state index contributed by atoms with van der Waals surface area (Å²) < 4.78 is 27.6. The molecule has 0 aliphatic heterocycles. The molecule has 0 saturated heterocycles. The third-order valence-corrected chi connectivity index (χ3v) is 5.71. The number of hydrogen-bond acceptors (Lipinski definition) is 3. The third-order valence-electron chi connectivity index (χ3n) is 3.58. The van der Waals surface area contributed by atoms with Gasteiger partial charge in [-0.1, -0.05) is 6.42 Å². The normalized spacial score (nSPS) is 17.2. The van der Waals surface area contributed by atoms with E-state index in [1.807, 2.05) is 19.9 Å². The Morgan fingerprint density at radius 1 is 1.39 bits per heavy atom. The summed E-state index contributed by atoms with van der Waals surface area (Å²) in [7, 11) is -1.83. The SMILES string of the molecule is CC(C)N(C)S(=O)(=O)N(CCC#N)CC1CCC1. The second-order valence-corrected chi connectivity index (χ2v) is 7.17. The van der Waals surface area contributed by atoms with Crippen molar-refractivity contribution in [3.8, 4) is 6.07 Å². The first-order chi connectivity index (χ1) is 8.39. The fraction of sp³-hybridized carbons (Fsp3) is 0.917. The first kappa shape index (κ1) is 15.4. The minimum Gasteiger partial charge on any atom is -0.198 e. The highest BCUT2D eigenvalue weighted by atomic mass is 32.2. The lowest BCUT2D eigenvalue weighted by molar-refractivity contribution is 0.235. The van der Waals surface area contributed by atoms with Gasteiger partial charge in [-0.3, -0.25) is 0 Å². The van der Waals surface area contributed by atoms with E-state index in [0.29, 0.717) is 19.0 Å². The van der Waals surface area contributed by atoms with Gasteiger partial charge in [0.2, 0.25) is 0 Å². The summed E-state index contributed by atoms with van der Waals surface area (Å²) in [5, 5.41) is 8.65. The molecule has 1 fully saturated rings. The summed E-state index contributed by atoms with van der Waals surface area (Å²) in [6, 6.07) is 1.95. The summed E-state index contributed by atoms with van der Waals surface area (Å²) in [5.74, 6) is 0.471. The molecule has 1 saturated carbocycles. The van der Waals surface area contributed by atoms with Gasteiger partial charge < -0.3 is 0 Å². The van der Waals surface area contributed by atoms with Crippen molar-refractivity contribution in [2.24, 2.45) is 5.92 Å². The number of nitriles is 1. The maximum atomic E-state index is 12.4. The van der Waals surface area contributed by atoms with Gasteiger partial charge in [0.05, 0.1) is 6.07 Å². The predicted molar refractivity (Wildman–Crippen MR) is 71.0 cm³/mol. The van der Waals surface area contributed by atoms with Crippen LogP contribution in [0.15, 0.2) is 0 Å². The molecule has 0 aromatic heterocycles. The monoisotopic (exact) mass is 273 g/mol. The highest BCUT2D eigenvalue weighted by Gasteiger charge is 2.31. The van der Waals surface area contributed by atoms with Crippen molar-refractivity contribution in [2.75, 3.05) is 20.1 Å². The Hall–Kier alpha value is -0.640. The molecule has 1 aliphatic rings. The van der Waals surface area contributed by atoms with E-state index >= 15 is 0 Å². The summed E-state index contributed by atoms with van der Waals surface area (Å²) in [6.45, 7) is 4.56. The van der Waals surface area contributed by atoms with Crippen LogP contribution in [-0.4, -0.2) is 43.2 Å². The molecule has 0 atom stereocenters. The molecular formula is C12H23N3O2S. The van der Waals surface area contributed by atoms with Gasteiger partial charge in [0.15, 0.2) is 0 Å². The van der Waals surface area contributed by atoms with Crippen LogP contribution in [0.2, 0.25) is 0 Å². The topological polar surface area (TPSA) is 64.4 Å². The van der Waals surface area contributed by atoms with Crippen LogP contribution in [0, 0.1) is 17.2 Å². The zero-order valence-electron chi connectivity index (χ0n) is 11.5. The van der Waals surface area contributed by atoms with Crippen LogP contribution in [0.1, 0.15) is 39.5 Å². The highest BCUT2D eigenvalue weighted by Crippen LogP contribution is 2.28. The summed E-state index contributed by atoms with van der Waals surface area (Å²) in [4.78, 5) is 0. The molecule has 104 valence electrons. The summed E-state index contributed by atoms with van der Waals surface area (Å²) in [6.07, 6.45) is 3.64. The lowest BCUT2D eigenvalue weighted by Gasteiger charge is -2.34. The Morgan fingerprint density at radius 2 is 2.00 bits per heavy atom. The second-order valence-electron chi connectivity index (χ2n) is 5.18. The molecule has 0 unspecified atom stereocenters. The maximum Gasteiger partial charge on any atom is 0.281 e. The third kappa shape index (κ3) is 3.67. The average molecular weight is 273 g/mol. The van der Waals surface area contributed by atoms with E-state index in [9.17, 15) is 8.42 Å². The fourth-order valence-electron chi connectivity index (χ4n) is 1.89. The molecule has 0 spiro atoms. The van der Waals surface area contributed by atoms with Crippen LogP contribution in [0.5, 0.6) is 0 Å². The minimum atomic E-state index is -3.43. The molecule has 0 aromatic carbocycles. The molecule has 1 aliphatic carbocycles. The average Bonchev–Trinajstić information content (AvgIpc) is 2.25. The van der Waals surface area contributed by atoms with Gasteiger partial charge >= 0.3 is 0 Å². The van der Waals surface area contributed by atoms with Crippen molar-refractivity contribution in [2.45, 2.75) is 45.6 Å². The number of rotatable bonds is 7. The Bertz CT molecular complexity index is 396. The largest absolute Gasteiger partial charge is 0.281 e. The van der Waals surface area contributed by atoms with E-state index < -0.39 is 10.2 Å².